The van der Waals surface area contributed by atoms with Crippen LogP contribution in [0.4, 0.5) is 11.9 Å². The molecule has 59 heavy (non-hydrogen) atoms. The molecule has 4 aromatic heterocycles. The summed E-state index contributed by atoms with van der Waals surface area (Å²) in [6.45, 7) is 9.60. The van der Waals surface area contributed by atoms with Crippen molar-refractivity contribution in [2.45, 2.75) is 72.6 Å². The molecule has 0 bridgehead atoms. The van der Waals surface area contributed by atoms with E-state index in [2.05, 4.69) is 36.8 Å². The minimum absolute atomic E-state index is 0.184. The number of benzene rings is 2. The molecule has 1 aliphatic heterocycles. The Morgan fingerprint density at radius 1 is 0.864 bits per heavy atom. The van der Waals surface area contributed by atoms with E-state index in [0.29, 0.717) is 106 Å². The summed E-state index contributed by atoms with van der Waals surface area (Å²) in [5.74, 6) is -0.891. The second-order valence-corrected chi connectivity index (χ2v) is 14.9. The van der Waals surface area contributed by atoms with E-state index in [0.717, 1.165) is 0 Å². The highest BCUT2D eigenvalue weighted by atomic mass is 79.9. The first kappa shape index (κ1) is 40.9. The Morgan fingerprint density at radius 3 is 2.24 bits per heavy atom. The Kier molecular flexibility index (Phi) is 11.7. The number of primary amides is 2. The summed E-state index contributed by atoms with van der Waals surface area (Å²) in [7, 11) is 1.60. The average Bonchev–Trinajstić information content (AvgIpc) is 3.95. The van der Waals surface area contributed by atoms with Crippen LogP contribution in [0.2, 0.25) is 0 Å². The Hall–Kier alpha value is -6.28. The van der Waals surface area contributed by atoms with Gasteiger partial charge in [0.1, 0.15) is 40.5 Å². The maximum absolute atomic E-state index is 13.9. The highest BCUT2D eigenvalue weighted by Gasteiger charge is 2.31. The molecule has 1 atom stereocenters. The van der Waals surface area contributed by atoms with Crippen LogP contribution in [0.5, 0.6) is 11.5 Å². The van der Waals surface area contributed by atoms with Gasteiger partial charge < -0.3 is 34.8 Å². The molecule has 6 aromatic rings. The third-order valence-electron chi connectivity index (χ3n) is 10.0. The number of carbonyl (C=O) groups excluding carboxylic acids is 4. The highest BCUT2D eigenvalue weighted by molar-refractivity contribution is 9.10. The number of fused-ring (bicyclic) bond motifs is 1. The number of ether oxygens (including phenoxy) is 3. The van der Waals surface area contributed by atoms with Crippen LogP contribution < -0.4 is 31.6 Å². The quantitative estimate of drug-likeness (QED) is 0.0913. The summed E-state index contributed by atoms with van der Waals surface area (Å²) in [5, 5.41) is 14.8. The van der Waals surface area contributed by atoms with Gasteiger partial charge >= 0.3 is 0 Å². The fraction of sp³-hybridized carbons (Fsp3) is 0.385. The van der Waals surface area contributed by atoms with E-state index in [1.807, 2.05) is 29.9 Å². The first-order valence-electron chi connectivity index (χ1n) is 19.2. The molecule has 310 valence electrons. The minimum Gasteiger partial charge on any atom is -0.491 e. The third-order valence-corrected chi connectivity index (χ3v) is 11.0. The summed E-state index contributed by atoms with van der Waals surface area (Å²) in [4.78, 5) is 61.9. The van der Waals surface area contributed by atoms with Gasteiger partial charge in [0.2, 0.25) is 23.7 Å². The zero-order valence-electron chi connectivity index (χ0n) is 33.3. The van der Waals surface area contributed by atoms with Gasteiger partial charge in [0.05, 0.1) is 39.5 Å². The van der Waals surface area contributed by atoms with E-state index >= 15 is 0 Å². The van der Waals surface area contributed by atoms with E-state index in [1.165, 1.54) is 0 Å². The lowest BCUT2D eigenvalue weighted by atomic mass is 10.1. The molecule has 7 rings (SSSR count). The van der Waals surface area contributed by atoms with E-state index < -0.39 is 23.6 Å². The molecule has 1 aliphatic rings. The summed E-state index contributed by atoms with van der Waals surface area (Å²) >= 11 is 3.52. The van der Waals surface area contributed by atoms with E-state index in [1.54, 1.807) is 53.7 Å². The van der Waals surface area contributed by atoms with Crippen molar-refractivity contribution in [1.82, 2.24) is 38.7 Å². The molecule has 0 unspecified atom stereocenters. The lowest BCUT2D eigenvalue weighted by molar-refractivity contribution is 0.0991. The van der Waals surface area contributed by atoms with E-state index in [-0.39, 0.29) is 42.3 Å². The van der Waals surface area contributed by atoms with Crippen molar-refractivity contribution >= 4 is 73.5 Å². The second-order valence-electron chi connectivity index (χ2n) is 14.1. The molecule has 0 spiro atoms. The number of nitrogens with two attached hydrogens (primary N) is 2. The maximum atomic E-state index is 13.9. The number of amides is 4. The molecule has 20 heteroatoms. The molecule has 4 amide bonds. The van der Waals surface area contributed by atoms with Crippen LogP contribution >= 0.6 is 15.9 Å². The van der Waals surface area contributed by atoms with E-state index in [9.17, 15) is 19.2 Å². The first-order valence-corrected chi connectivity index (χ1v) is 20.0. The molecule has 6 N–H and O–H groups in total. The van der Waals surface area contributed by atoms with Crippen molar-refractivity contribution < 1.29 is 33.4 Å². The molecule has 0 radical (unpaired) electrons. The predicted octanol–water partition coefficient (Wildman–Crippen LogP) is 4.73. The standard InChI is InChI=1S/C39H45BrN12O7/c1-6-50-27(14-20(3)47-50)36(55)45-38-43-25-15-22(34(41)53)17-28(58-13-9-12-57-5)31(25)49(38)11-8-10-24-19-59-29-18-23(35(42)54)16-26-32(29)52(24)39(44-26)46-37(56)33-30(40)21(4)48-51(33)7-2/h14-18,24H,6-13,19H2,1-5H3,(H2,41,53)(H2,42,54)(H,43,45,55)(H,44,46,56)/t24-/m0/s1. The number of rotatable bonds is 17. The normalized spacial score (nSPS) is 13.5. The van der Waals surface area contributed by atoms with Gasteiger partial charge in [-0.2, -0.15) is 10.2 Å². The van der Waals surface area contributed by atoms with E-state index in [4.69, 9.17) is 35.6 Å². The molecule has 0 saturated carbocycles. The number of carbonyl (C=O) groups is 4. The van der Waals surface area contributed by atoms with Crippen LogP contribution in [0.3, 0.4) is 0 Å². The van der Waals surface area contributed by atoms with Gasteiger partial charge in [0.25, 0.3) is 11.8 Å². The number of nitrogens with zero attached hydrogens (tertiary/aromatic N) is 8. The Balaban J connectivity index is 1.25. The predicted molar refractivity (Wildman–Crippen MR) is 221 cm³/mol. The lowest BCUT2D eigenvalue weighted by Crippen LogP contribution is -2.26. The first-order chi connectivity index (χ1) is 28.3. The zero-order chi connectivity index (χ0) is 42.1. The number of imidazole rings is 2. The Bertz CT molecular complexity index is 2620. The van der Waals surface area contributed by atoms with Crippen LogP contribution in [-0.4, -0.2) is 89.2 Å². The molecule has 0 fully saturated rings. The van der Waals surface area contributed by atoms with Crippen molar-refractivity contribution in [2.24, 2.45) is 11.5 Å². The van der Waals surface area contributed by atoms with Crippen molar-refractivity contribution in [3.05, 3.63) is 68.7 Å². The number of hydrogen-bond acceptors (Lipinski definition) is 11. The fourth-order valence-corrected chi connectivity index (χ4v) is 7.79. The van der Waals surface area contributed by atoms with Gasteiger partial charge in [-0.3, -0.25) is 39.2 Å². The minimum atomic E-state index is -0.659. The fourth-order valence-electron chi connectivity index (χ4n) is 7.33. The largest absolute Gasteiger partial charge is 0.491 e. The molecular weight excluding hydrogens is 828 g/mol. The average molecular weight is 874 g/mol. The number of anilines is 2. The number of aromatic nitrogens is 8. The highest BCUT2D eigenvalue weighted by Crippen LogP contribution is 2.39. The molecule has 5 heterocycles. The summed E-state index contributed by atoms with van der Waals surface area (Å²) in [6, 6.07) is 7.65. The summed E-state index contributed by atoms with van der Waals surface area (Å²) < 4.78 is 25.2. The summed E-state index contributed by atoms with van der Waals surface area (Å²) in [5.41, 5.74) is 15.8. The number of halogens is 1. The third kappa shape index (κ3) is 7.96. The van der Waals surface area contributed by atoms with Crippen LogP contribution in [-0.2, 0) is 24.4 Å². The molecular formula is C39H45BrN12O7. The van der Waals surface area contributed by atoms with Crippen LogP contribution in [0.15, 0.2) is 34.8 Å². The van der Waals surface area contributed by atoms with Gasteiger partial charge in [0.15, 0.2) is 0 Å². The molecule has 0 aliphatic carbocycles. The maximum Gasteiger partial charge on any atom is 0.277 e. The van der Waals surface area contributed by atoms with Crippen molar-refractivity contribution in [2.75, 3.05) is 37.6 Å². The van der Waals surface area contributed by atoms with Crippen LogP contribution in [0, 0.1) is 13.8 Å². The zero-order valence-corrected chi connectivity index (χ0v) is 34.9. The van der Waals surface area contributed by atoms with Crippen molar-refractivity contribution in [3.8, 4) is 11.5 Å². The summed E-state index contributed by atoms with van der Waals surface area (Å²) in [6.07, 6.45) is 1.58. The van der Waals surface area contributed by atoms with Crippen LogP contribution in [0.25, 0.3) is 22.1 Å². The molecule has 0 saturated heterocycles. The van der Waals surface area contributed by atoms with Gasteiger partial charge in [0, 0.05) is 50.9 Å². The smallest absolute Gasteiger partial charge is 0.277 e. The SMILES string of the molecule is CCn1nc(C)cc1C(=O)Nc1nc2cc(C(N)=O)cc(OCCCOC)c2n1CCC[C@H]1COc2cc(C(N)=O)cc3nc(NC(=O)c4c(Br)c(C)nn4CC)n1c23. The lowest BCUT2D eigenvalue weighted by Gasteiger charge is -2.27. The van der Waals surface area contributed by atoms with Crippen molar-refractivity contribution in [1.29, 1.82) is 0 Å². The number of methoxy groups -OCH3 is 1. The van der Waals surface area contributed by atoms with Crippen molar-refractivity contribution in [3.63, 3.8) is 0 Å². The Labute approximate surface area is 346 Å². The van der Waals surface area contributed by atoms with Gasteiger partial charge in [-0.05, 0) is 86.8 Å². The molecule has 2 aromatic carbocycles. The van der Waals surface area contributed by atoms with Gasteiger partial charge in [-0.1, -0.05) is 0 Å². The number of nitrogens with one attached hydrogen (secondary N) is 2. The van der Waals surface area contributed by atoms with Gasteiger partial charge in [-0.25, -0.2) is 9.97 Å². The monoisotopic (exact) mass is 872 g/mol. The number of aryl methyl sites for hydroxylation is 5. The van der Waals surface area contributed by atoms with Gasteiger partial charge in [-0.15, -0.1) is 0 Å². The number of hydrogen-bond donors (Lipinski definition) is 4. The molecule has 19 nitrogen and oxygen atoms in total. The topological polar surface area (TPSA) is 243 Å². The second kappa shape index (κ2) is 16.9. The Morgan fingerprint density at radius 2 is 1.54 bits per heavy atom. The van der Waals surface area contributed by atoms with Crippen LogP contribution in [0.1, 0.15) is 92.2 Å².